The Morgan fingerprint density at radius 1 is 1.37 bits per heavy atom. The van der Waals surface area contributed by atoms with Crippen molar-refractivity contribution >= 4 is 17.6 Å². The fraction of sp³-hybridized carbons (Fsp3) is 0.400. The van der Waals surface area contributed by atoms with Gasteiger partial charge in [-0.15, -0.1) is 0 Å². The highest BCUT2D eigenvalue weighted by Gasteiger charge is 2.24. The van der Waals surface area contributed by atoms with Crippen molar-refractivity contribution in [3.63, 3.8) is 0 Å². The molecule has 1 unspecified atom stereocenters. The fourth-order valence-electron chi connectivity index (χ4n) is 2.75. The standard InChI is InChI=1S/C20H26ClN7O2/c1-4-22-19(24-13-20(2,29)15-11-25-28(3)12-15)23-9-8-17-26-18(27-30-17)14-6-5-7-16(21)10-14/h5-7,10-12,29H,4,8-9,13H2,1-3H3,(H2,22,23,24). The molecule has 1 atom stereocenters. The Hall–Kier alpha value is -2.91. The van der Waals surface area contributed by atoms with E-state index in [9.17, 15) is 5.11 Å². The second kappa shape index (κ2) is 9.73. The van der Waals surface area contributed by atoms with E-state index in [1.807, 2.05) is 26.1 Å². The summed E-state index contributed by atoms with van der Waals surface area (Å²) in [4.78, 5) is 8.90. The molecule has 30 heavy (non-hydrogen) atoms. The van der Waals surface area contributed by atoms with Crippen LogP contribution in [0.3, 0.4) is 0 Å². The van der Waals surface area contributed by atoms with E-state index in [-0.39, 0.29) is 6.54 Å². The number of nitrogens with one attached hydrogen (secondary N) is 2. The lowest BCUT2D eigenvalue weighted by Crippen LogP contribution is -2.39. The maximum absolute atomic E-state index is 10.7. The number of benzene rings is 1. The van der Waals surface area contributed by atoms with E-state index in [2.05, 4.69) is 30.9 Å². The van der Waals surface area contributed by atoms with E-state index < -0.39 is 5.60 Å². The molecule has 0 fully saturated rings. The first-order chi connectivity index (χ1) is 14.4. The molecule has 0 aliphatic rings. The zero-order chi connectivity index (χ0) is 21.6. The molecule has 2 heterocycles. The molecule has 0 saturated heterocycles. The Balaban J connectivity index is 1.56. The van der Waals surface area contributed by atoms with Gasteiger partial charge in [-0.1, -0.05) is 28.9 Å². The number of aliphatic hydroxyl groups is 1. The van der Waals surface area contributed by atoms with Crippen LogP contribution in [0.4, 0.5) is 0 Å². The van der Waals surface area contributed by atoms with Gasteiger partial charge >= 0.3 is 0 Å². The summed E-state index contributed by atoms with van der Waals surface area (Å²) in [6, 6.07) is 7.30. The minimum atomic E-state index is -1.12. The molecule has 9 nitrogen and oxygen atoms in total. The summed E-state index contributed by atoms with van der Waals surface area (Å²) < 4.78 is 6.97. The summed E-state index contributed by atoms with van der Waals surface area (Å²) in [6.07, 6.45) is 3.95. The number of guanidine groups is 1. The van der Waals surface area contributed by atoms with Crippen molar-refractivity contribution in [3.8, 4) is 11.4 Å². The van der Waals surface area contributed by atoms with E-state index in [1.165, 1.54) is 0 Å². The van der Waals surface area contributed by atoms with E-state index in [0.717, 1.165) is 5.56 Å². The molecule has 3 N–H and O–H groups in total. The van der Waals surface area contributed by atoms with Crippen LogP contribution < -0.4 is 10.6 Å². The van der Waals surface area contributed by atoms with Crippen molar-refractivity contribution in [2.45, 2.75) is 25.9 Å². The molecular formula is C20H26ClN7O2. The van der Waals surface area contributed by atoms with Crippen molar-refractivity contribution in [2.75, 3.05) is 19.6 Å². The molecular weight excluding hydrogens is 406 g/mol. The molecule has 3 aromatic rings. The third-order valence-electron chi connectivity index (χ3n) is 4.40. The highest BCUT2D eigenvalue weighted by molar-refractivity contribution is 6.30. The first kappa shape index (κ1) is 21.8. The number of aromatic nitrogens is 4. The van der Waals surface area contributed by atoms with Crippen LogP contribution in [0.25, 0.3) is 11.4 Å². The molecule has 10 heteroatoms. The van der Waals surface area contributed by atoms with Crippen LogP contribution in [0.15, 0.2) is 46.2 Å². The Morgan fingerprint density at radius 3 is 2.90 bits per heavy atom. The summed E-state index contributed by atoms with van der Waals surface area (Å²) in [5.74, 6) is 1.60. The number of aliphatic imine (C=N–C) groups is 1. The van der Waals surface area contributed by atoms with Gasteiger partial charge in [-0.05, 0) is 26.0 Å². The lowest BCUT2D eigenvalue weighted by atomic mass is 10.0. The number of halogens is 1. The summed E-state index contributed by atoms with van der Waals surface area (Å²) >= 11 is 6.01. The van der Waals surface area contributed by atoms with E-state index in [0.29, 0.717) is 47.8 Å². The quantitative estimate of drug-likeness (QED) is 0.370. The zero-order valence-electron chi connectivity index (χ0n) is 17.3. The van der Waals surface area contributed by atoms with Crippen LogP contribution in [0.5, 0.6) is 0 Å². The normalized spacial score (nSPS) is 13.8. The number of hydrogen-bond acceptors (Lipinski definition) is 6. The van der Waals surface area contributed by atoms with Crippen molar-refractivity contribution in [3.05, 3.63) is 53.1 Å². The number of hydrogen-bond donors (Lipinski definition) is 3. The van der Waals surface area contributed by atoms with Gasteiger partial charge in [-0.25, -0.2) is 4.99 Å². The maximum Gasteiger partial charge on any atom is 0.228 e. The SMILES string of the molecule is CCNC(=NCC(C)(O)c1cnn(C)c1)NCCc1nc(-c2cccc(Cl)c2)no1. The number of aryl methyl sites for hydroxylation is 1. The van der Waals surface area contributed by atoms with Crippen LogP contribution in [0.2, 0.25) is 5.02 Å². The van der Waals surface area contributed by atoms with Gasteiger partial charge in [0.2, 0.25) is 11.7 Å². The van der Waals surface area contributed by atoms with E-state index in [4.69, 9.17) is 16.1 Å². The van der Waals surface area contributed by atoms with Crippen LogP contribution >= 0.6 is 11.6 Å². The summed E-state index contributed by atoms with van der Waals surface area (Å²) in [7, 11) is 1.81. The van der Waals surface area contributed by atoms with Gasteiger partial charge in [0.25, 0.3) is 0 Å². The molecule has 1 aromatic carbocycles. The lowest BCUT2D eigenvalue weighted by molar-refractivity contribution is 0.0672. The third kappa shape index (κ3) is 5.80. The predicted molar refractivity (Wildman–Crippen MR) is 115 cm³/mol. The van der Waals surface area contributed by atoms with Gasteiger partial charge in [-0.3, -0.25) is 4.68 Å². The Kier molecular flexibility index (Phi) is 7.07. The molecule has 2 aromatic heterocycles. The minimum Gasteiger partial charge on any atom is -0.383 e. The third-order valence-corrected chi connectivity index (χ3v) is 4.63. The summed E-state index contributed by atoms with van der Waals surface area (Å²) in [6.45, 7) is 5.12. The summed E-state index contributed by atoms with van der Waals surface area (Å²) in [5.41, 5.74) is 0.400. The van der Waals surface area contributed by atoms with E-state index >= 15 is 0 Å². The average Bonchev–Trinajstić information content (AvgIpc) is 3.36. The first-order valence-corrected chi connectivity index (χ1v) is 10.1. The van der Waals surface area contributed by atoms with Gasteiger partial charge < -0.3 is 20.3 Å². The Bertz CT molecular complexity index is 996. The van der Waals surface area contributed by atoms with Gasteiger partial charge in [0, 0.05) is 48.9 Å². The van der Waals surface area contributed by atoms with E-state index in [1.54, 1.807) is 36.1 Å². The largest absolute Gasteiger partial charge is 0.383 e. The van der Waals surface area contributed by atoms with Crippen LogP contribution in [0.1, 0.15) is 25.3 Å². The van der Waals surface area contributed by atoms with Crippen molar-refractivity contribution in [1.82, 2.24) is 30.6 Å². The Morgan fingerprint density at radius 2 is 2.20 bits per heavy atom. The molecule has 0 saturated carbocycles. The lowest BCUT2D eigenvalue weighted by Gasteiger charge is -2.20. The number of nitrogens with zero attached hydrogens (tertiary/aromatic N) is 5. The van der Waals surface area contributed by atoms with Crippen molar-refractivity contribution in [1.29, 1.82) is 0 Å². The van der Waals surface area contributed by atoms with Gasteiger partial charge in [0.05, 0.1) is 12.7 Å². The topological polar surface area (TPSA) is 113 Å². The highest BCUT2D eigenvalue weighted by Crippen LogP contribution is 2.21. The van der Waals surface area contributed by atoms with Crippen LogP contribution in [-0.2, 0) is 19.1 Å². The highest BCUT2D eigenvalue weighted by atomic mass is 35.5. The molecule has 3 rings (SSSR count). The van der Waals surface area contributed by atoms with Gasteiger partial charge in [0.1, 0.15) is 5.60 Å². The molecule has 0 bridgehead atoms. The first-order valence-electron chi connectivity index (χ1n) is 9.69. The van der Waals surface area contributed by atoms with Crippen molar-refractivity contribution in [2.24, 2.45) is 12.0 Å². The number of rotatable bonds is 8. The molecule has 0 aliphatic carbocycles. The molecule has 160 valence electrons. The second-order valence-electron chi connectivity index (χ2n) is 7.07. The fourth-order valence-corrected chi connectivity index (χ4v) is 2.94. The average molecular weight is 432 g/mol. The van der Waals surface area contributed by atoms with Crippen LogP contribution in [-0.4, -0.2) is 50.6 Å². The molecule has 0 radical (unpaired) electrons. The van der Waals surface area contributed by atoms with Crippen molar-refractivity contribution < 1.29 is 9.63 Å². The maximum atomic E-state index is 10.7. The molecule has 0 spiro atoms. The Labute approximate surface area is 180 Å². The second-order valence-corrected chi connectivity index (χ2v) is 7.51. The smallest absolute Gasteiger partial charge is 0.228 e. The van der Waals surface area contributed by atoms with Crippen LogP contribution in [0, 0.1) is 0 Å². The molecule has 0 aliphatic heterocycles. The predicted octanol–water partition coefficient (Wildman–Crippen LogP) is 2.13. The summed E-state index contributed by atoms with van der Waals surface area (Å²) in [5, 5.41) is 25.8. The van der Waals surface area contributed by atoms with Gasteiger partial charge in [-0.2, -0.15) is 10.1 Å². The van der Waals surface area contributed by atoms with Gasteiger partial charge in [0.15, 0.2) is 5.96 Å². The molecule has 0 amide bonds. The zero-order valence-corrected chi connectivity index (χ0v) is 18.0. The monoisotopic (exact) mass is 431 g/mol. The minimum absolute atomic E-state index is 0.188.